The van der Waals surface area contributed by atoms with E-state index in [2.05, 4.69) is 26.6 Å². The zero-order valence-corrected chi connectivity index (χ0v) is 13.6. The van der Waals surface area contributed by atoms with Gasteiger partial charge in [-0.2, -0.15) is 0 Å². The van der Waals surface area contributed by atoms with Crippen LogP contribution in [0, 0.1) is 0 Å². The van der Waals surface area contributed by atoms with Crippen molar-refractivity contribution in [1.82, 2.24) is 15.5 Å². The minimum atomic E-state index is -0.373. The summed E-state index contributed by atoms with van der Waals surface area (Å²) in [5.41, 5.74) is 0.466. The van der Waals surface area contributed by atoms with Gasteiger partial charge in [0.15, 0.2) is 0 Å². The summed E-state index contributed by atoms with van der Waals surface area (Å²) in [4.78, 5) is 26.0. The molecule has 0 radical (unpaired) electrons. The SMILES string of the molecule is CN(CC(=O)NC(=O)c1ccccc1Br)C1CCCNC1. The average Bonchev–Trinajstić information content (AvgIpc) is 2.48. The molecule has 114 valence electrons. The fourth-order valence-corrected chi connectivity index (χ4v) is 2.91. The quantitative estimate of drug-likeness (QED) is 0.858. The van der Waals surface area contributed by atoms with Gasteiger partial charge in [-0.1, -0.05) is 12.1 Å². The smallest absolute Gasteiger partial charge is 0.259 e. The van der Waals surface area contributed by atoms with E-state index in [1.165, 1.54) is 0 Å². The fraction of sp³-hybridized carbons (Fsp3) is 0.467. The van der Waals surface area contributed by atoms with Gasteiger partial charge in [-0.05, 0) is 54.5 Å². The van der Waals surface area contributed by atoms with Crippen LogP contribution < -0.4 is 10.6 Å². The van der Waals surface area contributed by atoms with Crippen molar-refractivity contribution < 1.29 is 9.59 Å². The molecule has 21 heavy (non-hydrogen) atoms. The van der Waals surface area contributed by atoms with Gasteiger partial charge in [0.05, 0.1) is 12.1 Å². The summed E-state index contributed by atoms with van der Waals surface area (Å²) in [6, 6.07) is 7.40. The number of piperidine rings is 1. The van der Waals surface area contributed by atoms with Gasteiger partial charge in [-0.3, -0.25) is 19.8 Å². The van der Waals surface area contributed by atoms with Crippen LogP contribution >= 0.6 is 15.9 Å². The van der Waals surface area contributed by atoms with Crippen molar-refractivity contribution in [3.8, 4) is 0 Å². The number of likely N-dealkylation sites (N-methyl/N-ethyl adjacent to an activating group) is 1. The van der Waals surface area contributed by atoms with Crippen molar-refractivity contribution in [2.45, 2.75) is 18.9 Å². The summed E-state index contributed by atoms with van der Waals surface area (Å²) in [6.07, 6.45) is 2.20. The molecule has 0 saturated carbocycles. The minimum Gasteiger partial charge on any atom is -0.315 e. The van der Waals surface area contributed by atoms with Gasteiger partial charge in [-0.25, -0.2) is 0 Å². The normalized spacial score (nSPS) is 18.5. The fourth-order valence-electron chi connectivity index (χ4n) is 2.44. The summed E-state index contributed by atoms with van der Waals surface area (Å²) < 4.78 is 0.681. The summed E-state index contributed by atoms with van der Waals surface area (Å²) in [5.74, 6) is -0.647. The molecular formula is C15H20BrN3O2. The van der Waals surface area contributed by atoms with Crippen LogP contribution in [0.25, 0.3) is 0 Å². The summed E-state index contributed by atoms with van der Waals surface area (Å²) in [5, 5.41) is 5.75. The zero-order chi connectivity index (χ0) is 15.2. The molecule has 1 aromatic rings. The van der Waals surface area contributed by atoms with E-state index in [1.54, 1.807) is 18.2 Å². The largest absolute Gasteiger partial charge is 0.315 e. The Morgan fingerprint density at radius 1 is 1.43 bits per heavy atom. The van der Waals surface area contributed by atoms with E-state index < -0.39 is 0 Å². The van der Waals surface area contributed by atoms with Crippen LogP contribution in [-0.2, 0) is 4.79 Å². The number of carbonyl (C=O) groups is 2. The third-order valence-electron chi connectivity index (χ3n) is 3.66. The Labute approximate surface area is 133 Å². The first-order valence-electron chi connectivity index (χ1n) is 7.07. The van der Waals surface area contributed by atoms with Gasteiger partial charge < -0.3 is 5.32 Å². The van der Waals surface area contributed by atoms with E-state index in [-0.39, 0.29) is 18.4 Å². The molecule has 6 heteroatoms. The van der Waals surface area contributed by atoms with Crippen LogP contribution in [-0.4, -0.2) is 49.4 Å². The van der Waals surface area contributed by atoms with Crippen molar-refractivity contribution >= 4 is 27.7 Å². The van der Waals surface area contributed by atoms with E-state index in [1.807, 2.05) is 18.0 Å². The number of rotatable bonds is 4. The maximum Gasteiger partial charge on any atom is 0.259 e. The van der Waals surface area contributed by atoms with Gasteiger partial charge >= 0.3 is 0 Å². The Bertz CT molecular complexity index is 515. The van der Waals surface area contributed by atoms with Crippen LogP contribution in [0.3, 0.4) is 0 Å². The number of carbonyl (C=O) groups excluding carboxylic acids is 2. The maximum atomic E-state index is 12.0. The molecule has 2 N–H and O–H groups in total. The standard InChI is InChI=1S/C15H20BrN3O2/c1-19(11-5-4-8-17-9-11)10-14(20)18-15(21)12-6-2-3-7-13(12)16/h2-3,6-7,11,17H,4-5,8-10H2,1H3,(H,18,20,21). The van der Waals surface area contributed by atoms with Crippen molar-refractivity contribution in [2.75, 3.05) is 26.7 Å². The predicted molar refractivity (Wildman–Crippen MR) is 85.1 cm³/mol. The molecular weight excluding hydrogens is 334 g/mol. The lowest BCUT2D eigenvalue weighted by molar-refractivity contribution is -0.121. The molecule has 1 unspecified atom stereocenters. The number of nitrogens with one attached hydrogen (secondary N) is 2. The Kier molecular flexibility index (Phi) is 5.90. The third kappa shape index (κ3) is 4.62. The molecule has 5 nitrogen and oxygen atoms in total. The first-order valence-corrected chi connectivity index (χ1v) is 7.87. The molecule has 2 rings (SSSR count). The lowest BCUT2D eigenvalue weighted by Gasteiger charge is -2.31. The molecule has 1 aromatic carbocycles. The zero-order valence-electron chi connectivity index (χ0n) is 12.1. The molecule has 1 atom stereocenters. The molecule has 0 spiro atoms. The van der Waals surface area contributed by atoms with Crippen molar-refractivity contribution in [3.63, 3.8) is 0 Å². The molecule has 2 amide bonds. The lowest BCUT2D eigenvalue weighted by Crippen LogP contribution is -2.48. The second-order valence-electron chi connectivity index (χ2n) is 5.27. The number of amides is 2. The van der Waals surface area contributed by atoms with E-state index in [0.29, 0.717) is 16.1 Å². The van der Waals surface area contributed by atoms with E-state index >= 15 is 0 Å². The topological polar surface area (TPSA) is 61.4 Å². The van der Waals surface area contributed by atoms with Crippen molar-refractivity contribution in [2.24, 2.45) is 0 Å². The molecule has 1 saturated heterocycles. The number of nitrogens with zero attached hydrogens (tertiary/aromatic N) is 1. The van der Waals surface area contributed by atoms with Gasteiger partial charge in [0.2, 0.25) is 5.91 Å². The molecule has 1 heterocycles. The molecule has 1 fully saturated rings. The Hall–Kier alpha value is -1.24. The molecule has 0 bridgehead atoms. The summed E-state index contributed by atoms with van der Waals surface area (Å²) >= 11 is 3.31. The van der Waals surface area contributed by atoms with Gasteiger partial charge in [-0.15, -0.1) is 0 Å². The highest BCUT2D eigenvalue weighted by molar-refractivity contribution is 9.10. The summed E-state index contributed by atoms with van der Waals surface area (Å²) in [7, 11) is 1.92. The molecule has 1 aliphatic rings. The van der Waals surface area contributed by atoms with Crippen LogP contribution in [0.2, 0.25) is 0 Å². The van der Waals surface area contributed by atoms with Gasteiger partial charge in [0.25, 0.3) is 5.91 Å². The number of halogens is 1. The minimum absolute atomic E-state index is 0.225. The van der Waals surface area contributed by atoms with E-state index in [0.717, 1.165) is 25.9 Å². The number of hydrogen-bond donors (Lipinski definition) is 2. The van der Waals surface area contributed by atoms with Crippen LogP contribution in [0.15, 0.2) is 28.7 Å². The second-order valence-corrected chi connectivity index (χ2v) is 6.13. The summed E-state index contributed by atoms with van der Waals surface area (Å²) in [6.45, 7) is 2.15. The van der Waals surface area contributed by atoms with Crippen molar-refractivity contribution in [1.29, 1.82) is 0 Å². The Morgan fingerprint density at radius 3 is 2.86 bits per heavy atom. The van der Waals surface area contributed by atoms with Crippen molar-refractivity contribution in [3.05, 3.63) is 34.3 Å². The first kappa shape index (κ1) is 16.1. The average molecular weight is 354 g/mol. The highest BCUT2D eigenvalue weighted by Gasteiger charge is 2.21. The van der Waals surface area contributed by atoms with Crippen LogP contribution in [0.4, 0.5) is 0 Å². The van der Waals surface area contributed by atoms with E-state index in [9.17, 15) is 9.59 Å². The Balaban J connectivity index is 1.86. The maximum absolute atomic E-state index is 12.0. The van der Waals surface area contributed by atoms with Crippen LogP contribution in [0.5, 0.6) is 0 Å². The molecule has 0 aromatic heterocycles. The number of hydrogen-bond acceptors (Lipinski definition) is 4. The molecule has 1 aliphatic heterocycles. The highest BCUT2D eigenvalue weighted by atomic mass is 79.9. The lowest BCUT2D eigenvalue weighted by atomic mass is 10.1. The number of imide groups is 1. The van der Waals surface area contributed by atoms with Gasteiger partial charge in [0.1, 0.15) is 0 Å². The monoisotopic (exact) mass is 353 g/mol. The first-order chi connectivity index (χ1) is 10.1. The predicted octanol–water partition coefficient (Wildman–Crippen LogP) is 1.39. The van der Waals surface area contributed by atoms with E-state index in [4.69, 9.17) is 0 Å². The Morgan fingerprint density at radius 2 is 2.19 bits per heavy atom. The third-order valence-corrected chi connectivity index (χ3v) is 4.35. The highest BCUT2D eigenvalue weighted by Crippen LogP contribution is 2.15. The van der Waals surface area contributed by atoms with Gasteiger partial charge in [0, 0.05) is 17.1 Å². The molecule has 0 aliphatic carbocycles. The second kappa shape index (κ2) is 7.68. The number of benzene rings is 1. The van der Waals surface area contributed by atoms with Crippen LogP contribution in [0.1, 0.15) is 23.2 Å².